The Kier molecular flexibility index (Phi) is 7.45. The highest BCUT2D eigenvalue weighted by Gasteiger charge is 2.41. The number of carbonyl (C=O) groups is 1. The smallest absolute Gasteiger partial charge is 0.416 e. The van der Waals surface area contributed by atoms with E-state index in [0.29, 0.717) is 25.9 Å². The lowest BCUT2D eigenvalue weighted by atomic mass is 10.1. The number of primary amides is 1. The number of ether oxygens (including phenoxy) is 3. The largest absolute Gasteiger partial charge is 0.490 e. The molecule has 2 N–H and O–H groups in total. The number of rotatable bonds is 7. The van der Waals surface area contributed by atoms with E-state index in [2.05, 4.69) is 0 Å². The van der Waals surface area contributed by atoms with Gasteiger partial charge in [0.1, 0.15) is 11.9 Å². The SMILES string of the molecule is NC(=O)C(OC1CCCCO1)S(=O)(=O)N1CCC(Oc2ccc(C(F)(F)F)cc2)CC1. The second kappa shape index (κ2) is 9.72. The van der Waals surface area contributed by atoms with Gasteiger partial charge in [-0.3, -0.25) is 4.79 Å². The van der Waals surface area contributed by atoms with Gasteiger partial charge in [0.05, 0.1) is 5.56 Å². The summed E-state index contributed by atoms with van der Waals surface area (Å²) >= 11 is 0. The quantitative estimate of drug-likeness (QED) is 0.660. The van der Waals surface area contributed by atoms with Gasteiger partial charge in [-0.25, -0.2) is 8.42 Å². The molecule has 0 saturated carbocycles. The van der Waals surface area contributed by atoms with Gasteiger partial charge < -0.3 is 19.9 Å². The van der Waals surface area contributed by atoms with Crippen LogP contribution in [0.1, 0.15) is 37.7 Å². The minimum absolute atomic E-state index is 0.0618. The molecule has 2 aliphatic heterocycles. The molecule has 8 nitrogen and oxygen atoms in total. The van der Waals surface area contributed by atoms with Crippen molar-refractivity contribution in [3.63, 3.8) is 0 Å². The number of alkyl halides is 3. The fraction of sp³-hybridized carbons (Fsp3) is 0.632. The Balaban J connectivity index is 1.57. The van der Waals surface area contributed by atoms with E-state index in [-0.39, 0.29) is 24.9 Å². The van der Waals surface area contributed by atoms with Crippen LogP contribution in [0.3, 0.4) is 0 Å². The van der Waals surface area contributed by atoms with Crippen molar-refractivity contribution in [2.24, 2.45) is 5.73 Å². The van der Waals surface area contributed by atoms with E-state index in [1.807, 2.05) is 0 Å². The molecule has 2 unspecified atom stereocenters. The number of hydrogen-bond acceptors (Lipinski definition) is 6. The number of benzene rings is 1. The summed E-state index contributed by atoms with van der Waals surface area (Å²) in [7, 11) is -4.17. The van der Waals surface area contributed by atoms with Gasteiger partial charge in [-0.05, 0) is 56.4 Å². The van der Waals surface area contributed by atoms with Crippen molar-refractivity contribution < 1.29 is 40.6 Å². The van der Waals surface area contributed by atoms with Crippen LogP contribution < -0.4 is 10.5 Å². The van der Waals surface area contributed by atoms with Crippen LogP contribution in [0.5, 0.6) is 5.75 Å². The highest BCUT2D eigenvalue weighted by Crippen LogP contribution is 2.31. The molecule has 12 heteroatoms. The Hall–Kier alpha value is -1.89. The third-order valence-corrected chi connectivity index (χ3v) is 7.13. The topological polar surface area (TPSA) is 108 Å². The Bertz CT molecular complexity index is 848. The fourth-order valence-electron chi connectivity index (χ4n) is 3.50. The molecule has 2 fully saturated rings. The average Bonchev–Trinajstić information content (AvgIpc) is 2.72. The highest BCUT2D eigenvalue weighted by molar-refractivity contribution is 7.90. The molecule has 0 aromatic heterocycles. The van der Waals surface area contributed by atoms with Crippen LogP contribution in [-0.2, 0) is 30.5 Å². The van der Waals surface area contributed by atoms with Crippen molar-refractivity contribution in [3.8, 4) is 5.75 Å². The zero-order chi connectivity index (χ0) is 22.6. The van der Waals surface area contributed by atoms with E-state index in [1.54, 1.807) is 0 Å². The number of nitrogens with two attached hydrogens (primary N) is 1. The molecule has 2 saturated heterocycles. The van der Waals surface area contributed by atoms with Gasteiger partial charge in [0.2, 0.25) is 0 Å². The molecule has 174 valence electrons. The Morgan fingerprint density at radius 2 is 1.77 bits per heavy atom. The van der Waals surface area contributed by atoms with E-state index in [1.165, 1.54) is 12.1 Å². The van der Waals surface area contributed by atoms with Crippen LogP contribution in [0.25, 0.3) is 0 Å². The molecule has 31 heavy (non-hydrogen) atoms. The predicted molar refractivity (Wildman–Crippen MR) is 103 cm³/mol. The van der Waals surface area contributed by atoms with Crippen molar-refractivity contribution >= 4 is 15.9 Å². The lowest BCUT2D eigenvalue weighted by molar-refractivity contribution is -0.177. The van der Waals surface area contributed by atoms with Crippen molar-refractivity contribution in [2.75, 3.05) is 19.7 Å². The van der Waals surface area contributed by atoms with E-state index in [0.717, 1.165) is 29.3 Å². The number of sulfonamides is 1. The van der Waals surface area contributed by atoms with Gasteiger partial charge in [0.25, 0.3) is 21.4 Å². The summed E-state index contributed by atoms with van der Waals surface area (Å²) in [5.41, 5.74) is 2.67. The van der Waals surface area contributed by atoms with Gasteiger partial charge in [-0.15, -0.1) is 0 Å². The molecule has 1 aromatic carbocycles. The summed E-state index contributed by atoms with van der Waals surface area (Å²) in [5, 5.41) is 0. The van der Waals surface area contributed by atoms with Crippen molar-refractivity contribution in [1.29, 1.82) is 0 Å². The number of hydrogen-bond donors (Lipinski definition) is 1. The lowest BCUT2D eigenvalue weighted by Crippen LogP contribution is -2.51. The maximum atomic E-state index is 12.9. The summed E-state index contributed by atoms with van der Waals surface area (Å²) in [6.45, 7) is 0.543. The van der Waals surface area contributed by atoms with E-state index in [9.17, 15) is 26.4 Å². The molecule has 2 heterocycles. The Morgan fingerprint density at radius 1 is 1.13 bits per heavy atom. The van der Waals surface area contributed by atoms with Crippen molar-refractivity contribution in [1.82, 2.24) is 4.31 Å². The number of carbonyl (C=O) groups excluding carboxylic acids is 1. The monoisotopic (exact) mass is 466 g/mol. The first-order valence-electron chi connectivity index (χ1n) is 9.96. The van der Waals surface area contributed by atoms with Gasteiger partial charge in [-0.1, -0.05) is 0 Å². The van der Waals surface area contributed by atoms with Gasteiger partial charge in [0.15, 0.2) is 6.29 Å². The Labute approximate surface area is 178 Å². The van der Waals surface area contributed by atoms with Gasteiger partial charge in [-0.2, -0.15) is 17.5 Å². The molecule has 0 bridgehead atoms. The molecule has 1 aromatic rings. The average molecular weight is 466 g/mol. The molecule has 1 amide bonds. The minimum Gasteiger partial charge on any atom is -0.490 e. The number of piperidine rings is 1. The molecule has 0 spiro atoms. The zero-order valence-electron chi connectivity index (χ0n) is 16.7. The zero-order valence-corrected chi connectivity index (χ0v) is 17.5. The number of amides is 1. The van der Waals surface area contributed by atoms with Crippen LogP contribution in [0.2, 0.25) is 0 Å². The van der Waals surface area contributed by atoms with Crippen LogP contribution in [0, 0.1) is 0 Å². The molecular formula is C19H25F3N2O6S. The molecule has 3 rings (SSSR count). The second-order valence-corrected chi connectivity index (χ2v) is 9.42. The molecule has 2 aliphatic rings. The highest BCUT2D eigenvalue weighted by atomic mass is 32.2. The standard InChI is InChI=1S/C19H25F3N2O6S/c20-19(21,22)13-4-6-14(7-5-13)29-15-8-10-24(11-9-15)31(26,27)18(17(23)25)30-16-3-1-2-12-28-16/h4-7,15-16,18H,1-3,8-12H2,(H2,23,25). The third kappa shape index (κ3) is 6.09. The van der Waals surface area contributed by atoms with Crippen LogP contribution in [0.15, 0.2) is 24.3 Å². The van der Waals surface area contributed by atoms with Crippen LogP contribution >= 0.6 is 0 Å². The molecule has 0 radical (unpaired) electrons. The second-order valence-electron chi connectivity index (χ2n) is 7.45. The van der Waals surface area contributed by atoms with Crippen molar-refractivity contribution in [3.05, 3.63) is 29.8 Å². The number of nitrogens with zero attached hydrogens (tertiary/aromatic N) is 1. The predicted octanol–water partition coefficient (Wildman–Crippen LogP) is 2.23. The number of halogens is 3. The summed E-state index contributed by atoms with van der Waals surface area (Å²) in [6, 6.07) is 4.31. The summed E-state index contributed by atoms with van der Waals surface area (Å²) in [6.07, 6.45) is -2.91. The van der Waals surface area contributed by atoms with Crippen LogP contribution in [-0.4, -0.2) is 56.2 Å². The third-order valence-electron chi connectivity index (χ3n) is 5.16. The summed E-state index contributed by atoms with van der Waals surface area (Å²) in [5.74, 6) is -0.848. The molecular weight excluding hydrogens is 441 g/mol. The maximum absolute atomic E-state index is 12.9. The molecule has 2 atom stereocenters. The lowest BCUT2D eigenvalue weighted by Gasteiger charge is -2.34. The summed E-state index contributed by atoms with van der Waals surface area (Å²) < 4.78 is 81.3. The first-order valence-corrected chi connectivity index (χ1v) is 11.5. The van der Waals surface area contributed by atoms with Gasteiger partial charge in [0, 0.05) is 19.7 Å². The first-order chi connectivity index (χ1) is 14.6. The normalized spacial score (nSPS) is 22.7. The van der Waals surface area contributed by atoms with Crippen molar-refractivity contribution in [2.45, 2.75) is 56.1 Å². The van der Waals surface area contributed by atoms with Crippen LogP contribution in [0.4, 0.5) is 13.2 Å². The minimum atomic E-state index is -4.43. The maximum Gasteiger partial charge on any atom is 0.416 e. The van der Waals surface area contributed by atoms with Gasteiger partial charge >= 0.3 is 6.18 Å². The first kappa shape index (κ1) is 23.8. The van der Waals surface area contributed by atoms with E-state index < -0.39 is 39.4 Å². The van der Waals surface area contributed by atoms with E-state index in [4.69, 9.17) is 19.9 Å². The van der Waals surface area contributed by atoms with E-state index >= 15 is 0 Å². The Morgan fingerprint density at radius 3 is 2.29 bits per heavy atom. The molecule has 0 aliphatic carbocycles. The fourth-order valence-corrected chi connectivity index (χ4v) is 5.04. The summed E-state index contributed by atoms with van der Waals surface area (Å²) in [4.78, 5) is 11.8.